The number of rotatable bonds is 4. The number of hydrogen-bond acceptors (Lipinski definition) is 5. The van der Waals surface area contributed by atoms with Crippen LogP contribution in [0, 0.1) is 23.0 Å². The number of nitro groups is 1. The Bertz CT molecular complexity index is 671. The molecule has 1 radical (unpaired) electrons. The average molecular weight is 311 g/mol. The summed E-state index contributed by atoms with van der Waals surface area (Å²) in [5, 5.41) is 11.0. The standard InChI is InChI=1S/C13H15N2O5S/c1-2-10-7-8-14(9-12(10)16)21(19,20)13-6-4-3-5-11(13)15(17)18/h3-6,10H,1-2,7-9H2. The molecule has 1 aromatic rings. The summed E-state index contributed by atoms with van der Waals surface area (Å²) >= 11 is 0. The Hall–Kier alpha value is -1.80. The number of piperidine rings is 1. The van der Waals surface area contributed by atoms with Crippen molar-refractivity contribution in [1.82, 2.24) is 4.31 Å². The van der Waals surface area contributed by atoms with Crippen molar-refractivity contribution in [2.24, 2.45) is 5.92 Å². The Morgan fingerprint density at radius 3 is 2.62 bits per heavy atom. The first-order chi connectivity index (χ1) is 9.87. The van der Waals surface area contributed by atoms with Gasteiger partial charge in [0.2, 0.25) is 10.0 Å². The molecule has 0 spiro atoms. The highest BCUT2D eigenvalue weighted by molar-refractivity contribution is 7.89. The first-order valence-electron chi connectivity index (χ1n) is 6.43. The molecule has 1 atom stereocenters. The normalized spacial score (nSPS) is 20.4. The van der Waals surface area contributed by atoms with Gasteiger partial charge in [0.05, 0.1) is 11.5 Å². The molecule has 0 amide bonds. The number of carbonyl (C=O) groups is 1. The lowest BCUT2D eigenvalue weighted by molar-refractivity contribution is -0.387. The summed E-state index contributed by atoms with van der Waals surface area (Å²) in [4.78, 5) is 21.7. The van der Waals surface area contributed by atoms with Crippen LogP contribution in [0.4, 0.5) is 5.69 Å². The fourth-order valence-corrected chi connectivity index (χ4v) is 3.90. The maximum atomic E-state index is 12.5. The number of nitrogens with zero attached hydrogens (tertiary/aromatic N) is 2. The van der Waals surface area contributed by atoms with Gasteiger partial charge in [-0.15, -0.1) is 0 Å². The predicted molar refractivity (Wildman–Crippen MR) is 74.9 cm³/mol. The molecular weight excluding hydrogens is 296 g/mol. The van der Waals surface area contributed by atoms with E-state index in [4.69, 9.17) is 0 Å². The van der Waals surface area contributed by atoms with Crippen molar-refractivity contribution in [1.29, 1.82) is 0 Å². The van der Waals surface area contributed by atoms with Crippen LogP contribution in [0.15, 0.2) is 29.2 Å². The van der Waals surface area contributed by atoms with Gasteiger partial charge in [0, 0.05) is 18.5 Å². The summed E-state index contributed by atoms with van der Waals surface area (Å²) < 4.78 is 26.0. The molecule has 1 fully saturated rings. The maximum absolute atomic E-state index is 12.5. The first kappa shape index (κ1) is 15.6. The van der Waals surface area contributed by atoms with Crippen LogP contribution in [-0.4, -0.2) is 36.5 Å². The van der Waals surface area contributed by atoms with E-state index >= 15 is 0 Å². The van der Waals surface area contributed by atoms with E-state index < -0.39 is 20.6 Å². The molecule has 0 bridgehead atoms. The maximum Gasteiger partial charge on any atom is 0.289 e. The van der Waals surface area contributed by atoms with Crippen molar-refractivity contribution in [3.05, 3.63) is 41.3 Å². The van der Waals surface area contributed by atoms with Crippen molar-refractivity contribution < 1.29 is 18.1 Å². The van der Waals surface area contributed by atoms with E-state index in [0.29, 0.717) is 12.8 Å². The smallest absolute Gasteiger partial charge is 0.289 e. The van der Waals surface area contributed by atoms with Gasteiger partial charge in [0.1, 0.15) is 0 Å². The Morgan fingerprint density at radius 2 is 2.05 bits per heavy atom. The fourth-order valence-electron chi connectivity index (χ4n) is 2.32. The third kappa shape index (κ3) is 2.96. The molecule has 1 aromatic carbocycles. The van der Waals surface area contributed by atoms with E-state index in [1.165, 1.54) is 18.2 Å². The fraction of sp³-hybridized carbons (Fsp3) is 0.385. The van der Waals surface area contributed by atoms with Crippen molar-refractivity contribution in [2.45, 2.75) is 17.7 Å². The minimum absolute atomic E-state index is 0.167. The molecule has 0 aliphatic carbocycles. The molecule has 21 heavy (non-hydrogen) atoms. The molecule has 1 aliphatic rings. The first-order valence-corrected chi connectivity index (χ1v) is 7.87. The molecular formula is C13H15N2O5S. The predicted octanol–water partition coefficient (Wildman–Crippen LogP) is 1.40. The van der Waals surface area contributed by atoms with Crippen LogP contribution in [0.1, 0.15) is 12.8 Å². The molecule has 1 unspecified atom stereocenters. The lowest BCUT2D eigenvalue weighted by Crippen LogP contribution is -2.44. The van der Waals surface area contributed by atoms with Crippen LogP contribution in [0.2, 0.25) is 0 Å². The van der Waals surface area contributed by atoms with Crippen LogP contribution < -0.4 is 0 Å². The highest BCUT2D eigenvalue weighted by Crippen LogP contribution is 2.29. The van der Waals surface area contributed by atoms with Gasteiger partial charge in [0.25, 0.3) is 5.69 Å². The second-order valence-corrected chi connectivity index (χ2v) is 6.71. The van der Waals surface area contributed by atoms with Gasteiger partial charge in [-0.05, 0) is 18.9 Å². The topological polar surface area (TPSA) is 97.6 Å². The zero-order chi connectivity index (χ0) is 15.6. The van der Waals surface area contributed by atoms with Gasteiger partial charge >= 0.3 is 0 Å². The number of para-hydroxylation sites is 1. The number of ketones is 1. The summed E-state index contributed by atoms with van der Waals surface area (Å²) in [5.74, 6) is -0.430. The zero-order valence-corrected chi connectivity index (χ0v) is 12.1. The Labute approximate surface area is 122 Å². The Balaban J connectivity index is 2.36. The molecule has 0 aromatic heterocycles. The van der Waals surface area contributed by atoms with Gasteiger partial charge in [-0.1, -0.05) is 19.1 Å². The number of Topliss-reactive ketones (excluding diaryl/α,β-unsaturated/α-hetero) is 1. The molecule has 0 N–H and O–H groups in total. The Kier molecular flexibility index (Phi) is 4.38. The van der Waals surface area contributed by atoms with Crippen molar-refractivity contribution in [2.75, 3.05) is 13.1 Å². The van der Waals surface area contributed by atoms with Gasteiger partial charge in [-0.2, -0.15) is 4.31 Å². The largest absolute Gasteiger partial charge is 0.298 e. The highest BCUT2D eigenvalue weighted by atomic mass is 32.2. The second-order valence-electron chi connectivity index (χ2n) is 4.80. The molecule has 1 aliphatic heterocycles. The van der Waals surface area contributed by atoms with E-state index in [-0.39, 0.29) is 29.7 Å². The lowest BCUT2D eigenvalue weighted by atomic mass is 9.94. The van der Waals surface area contributed by atoms with Gasteiger partial charge < -0.3 is 0 Å². The van der Waals surface area contributed by atoms with Crippen molar-refractivity contribution >= 4 is 21.5 Å². The third-order valence-corrected chi connectivity index (χ3v) is 5.44. The number of nitro benzene ring substituents is 1. The van der Waals surface area contributed by atoms with E-state index in [1.54, 1.807) is 0 Å². The quantitative estimate of drug-likeness (QED) is 0.618. The summed E-state index contributed by atoms with van der Waals surface area (Å²) in [6.07, 6.45) is 0.820. The minimum atomic E-state index is -4.05. The van der Waals surface area contributed by atoms with Crippen LogP contribution in [0.25, 0.3) is 0 Å². The summed E-state index contributed by atoms with van der Waals surface area (Å²) in [5.41, 5.74) is -0.482. The van der Waals surface area contributed by atoms with Gasteiger partial charge in [0.15, 0.2) is 10.7 Å². The van der Waals surface area contributed by atoms with E-state index in [0.717, 1.165) is 10.4 Å². The number of benzene rings is 1. The Morgan fingerprint density at radius 1 is 1.38 bits per heavy atom. The van der Waals surface area contributed by atoms with Gasteiger partial charge in [-0.25, -0.2) is 8.42 Å². The summed E-state index contributed by atoms with van der Waals surface area (Å²) in [6, 6.07) is 5.14. The van der Waals surface area contributed by atoms with E-state index in [2.05, 4.69) is 6.92 Å². The molecule has 7 nitrogen and oxygen atoms in total. The van der Waals surface area contributed by atoms with Crippen LogP contribution in [-0.2, 0) is 14.8 Å². The monoisotopic (exact) mass is 311 g/mol. The minimum Gasteiger partial charge on any atom is -0.298 e. The number of carbonyl (C=O) groups excluding carboxylic acids is 1. The molecule has 8 heteroatoms. The van der Waals surface area contributed by atoms with Crippen molar-refractivity contribution in [3.63, 3.8) is 0 Å². The van der Waals surface area contributed by atoms with E-state index in [9.17, 15) is 23.3 Å². The van der Waals surface area contributed by atoms with Crippen LogP contribution >= 0.6 is 0 Å². The van der Waals surface area contributed by atoms with Crippen molar-refractivity contribution in [3.8, 4) is 0 Å². The molecule has 0 saturated carbocycles. The number of hydrogen-bond donors (Lipinski definition) is 0. The van der Waals surface area contributed by atoms with Crippen LogP contribution in [0.5, 0.6) is 0 Å². The number of sulfonamides is 1. The zero-order valence-electron chi connectivity index (χ0n) is 11.3. The molecule has 2 rings (SSSR count). The lowest BCUT2D eigenvalue weighted by Gasteiger charge is -2.29. The summed E-state index contributed by atoms with van der Waals surface area (Å²) in [7, 11) is -4.05. The second kappa shape index (κ2) is 5.90. The van der Waals surface area contributed by atoms with Crippen LogP contribution in [0.3, 0.4) is 0 Å². The summed E-state index contributed by atoms with van der Waals surface area (Å²) in [6.45, 7) is 3.58. The molecule has 113 valence electrons. The SMILES string of the molecule is [CH2]CC1CCN(S(=O)(=O)c2ccccc2[N+](=O)[O-])CC1=O. The average Bonchev–Trinajstić information content (AvgIpc) is 2.47. The molecule has 1 heterocycles. The highest BCUT2D eigenvalue weighted by Gasteiger charge is 2.36. The van der Waals surface area contributed by atoms with E-state index in [1.807, 2.05) is 0 Å². The van der Waals surface area contributed by atoms with Gasteiger partial charge in [-0.3, -0.25) is 14.9 Å². The third-order valence-electron chi connectivity index (χ3n) is 3.54. The molecule has 1 saturated heterocycles.